The fraction of sp³-hybridized carbons (Fsp3) is 0.417. The summed E-state index contributed by atoms with van der Waals surface area (Å²) in [6, 6.07) is 10.8. The molecule has 6 nitrogen and oxygen atoms in total. The molecule has 2 amide bonds. The molecule has 0 aliphatic carbocycles. The van der Waals surface area contributed by atoms with Crippen LogP contribution in [-0.4, -0.2) is 48.9 Å². The molecular formula is C24H28Cl2N4O2. The van der Waals surface area contributed by atoms with Gasteiger partial charge in [0.1, 0.15) is 0 Å². The van der Waals surface area contributed by atoms with E-state index in [9.17, 15) is 9.59 Å². The van der Waals surface area contributed by atoms with E-state index in [1.165, 1.54) is 18.5 Å². The molecule has 4 rings (SSSR count). The third-order valence-electron chi connectivity index (χ3n) is 6.16. The Hall–Kier alpha value is -2.28. The van der Waals surface area contributed by atoms with Gasteiger partial charge in [-0.1, -0.05) is 23.2 Å². The maximum Gasteiger partial charge on any atom is 0.241 e. The zero-order valence-electron chi connectivity index (χ0n) is 18.2. The molecule has 2 N–H and O–H groups in total. The maximum absolute atomic E-state index is 12.8. The summed E-state index contributed by atoms with van der Waals surface area (Å²) in [5.74, 6) is -0.281. The summed E-state index contributed by atoms with van der Waals surface area (Å²) in [4.78, 5) is 29.9. The van der Waals surface area contributed by atoms with Gasteiger partial charge in [-0.15, -0.1) is 0 Å². The van der Waals surface area contributed by atoms with Gasteiger partial charge in [-0.3, -0.25) is 14.5 Å². The standard InChI is InChI=1S/C24H28Cl2N4O2/c1-16-13-18(29-10-2-3-11-29)7-9-20(16)27-23(31)15-30-12-4-5-22(30)24(32)28-21-8-6-17(25)14-19(21)26/h6-9,13-14,22H,2-5,10-12,15H2,1H3,(H,27,31)(H,28,32)/t22-/m0/s1. The lowest BCUT2D eigenvalue weighted by Gasteiger charge is -2.24. The summed E-state index contributed by atoms with van der Waals surface area (Å²) in [7, 11) is 0. The van der Waals surface area contributed by atoms with E-state index in [2.05, 4.69) is 27.7 Å². The number of halogens is 2. The van der Waals surface area contributed by atoms with Crippen LogP contribution in [0.25, 0.3) is 0 Å². The number of carbonyl (C=O) groups excluding carboxylic acids is 2. The van der Waals surface area contributed by atoms with Crippen molar-refractivity contribution >= 4 is 52.1 Å². The summed E-state index contributed by atoms with van der Waals surface area (Å²) in [5, 5.41) is 6.78. The van der Waals surface area contributed by atoms with Gasteiger partial charge < -0.3 is 15.5 Å². The van der Waals surface area contributed by atoms with E-state index in [0.29, 0.717) is 28.7 Å². The first-order chi connectivity index (χ1) is 15.4. The van der Waals surface area contributed by atoms with Crippen molar-refractivity contribution in [1.29, 1.82) is 0 Å². The van der Waals surface area contributed by atoms with Crippen molar-refractivity contribution in [2.45, 2.75) is 38.6 Å². The molecule has 2 aliphatic rings. The summed E-state index contributed by atoms with van der Waals surface area (Å²) >= 11 is 12.1. The van der Waals surface area contributed by atoms with E-state index in [0.717, 1.165) is 30.8 Å². The van der Waals surface area contributed by atoms with E-state index in [1.54, 1.807) is 18.2 Å². The highest BCUT2D eigenvalue weighted by molar-refractivity contribution is 6.36. The van der Waals surface area contributed by atoms with Crippen molar-refractivity contribution in [2.24, 2.45) is 0 Å². The minimum absolute atomic E-state index is 0.119. The van der Waals surface area contributed by atoms with Crippen molar-refractivity contribution < 1.29 is 9.59 Å². The molecule has 2 aromatic rings. The van der Waals surface area contributed by atoms with Gasteiger partial charge in [-0.25, -0.2) is 0 Å². The van der Waals surface area contributed by atoms with Crippen LogP contribution < -0.4 is 15.5 Å². The summed E-state index contributed by atoms with van der Waals surface area (Å²) < 4.78 is 0. The Bertz CT molecular complexity index is 1010. The number of nitrogens with zero attached hydrogens (tertiary/aromatic N) is 2. The molecule has 0 radical (unpaired) electrons. The average Bonchev–Trinajstić information content (AvgIpc) is 3.44. The molecule has 0 aromatic heterocycles. The number of benzene rings is 2. The molecule has 0 unspecified atom stereocenters. The van der Waals surface area contributed by atoms with E-state index in [-0.39, 0.29) is 24.4 Å². The van der Waals surface area contributed by atoms with Crippen molar-refractivity contribution in [3.05, 3.63) is 52.0 Å². The van der Waals surface area contributed by atoms with E-state index in [4.69, 9.17) is 23.2 Å². The number of carbonyl (C=O) groups is 2. The van der Waals surface area contributed by atoms with Crippen molar-refractivity contribution in [3.63, 3.8) is 0 Å². The van der Waals surface area contributed by atoms with Gasteiger partial charge in [0, 0.05) is 29.5 Å². The van der Waals surface area contributed by atoms with Gasteiger partial charge in [-0.05, 0) is 81.1 Å². The van der Waals surface area contributed by atoms with Crippen LogP contribution in [0, 0.1) is 6.92 Å². The quantitative estimate of drug-likeness (QED) is 0.621. The molecule has 1 atom stereocenters. The lowest BCUT2D eigenvalue weighted by molar-refractivity contribution is -0.122. The second-order valence-corrected chi connectivity index (χ2v) is 9.33. The molecule has 0 spiro atoms. The van der Waals surface area contributed by atoms with Gasteiger partial charge in [0.2, 0.25) is 11.8 Å². The van der Waals surface area contributed by atoms with Gasteiger partial charge in [0.15, 0.2) is 0 Å². The minimum Gasteiger partial charge on any atom is -0.372 e. The highest BCUT2D eigenvalue weighted by Gasteiger charge is 2.32. The number of hydrogen-bond donors (Lipinski definition) is 2. The van der Waals surface area contributed by atoms with Crippen molar-refractivity contribution in [2.75, 3.05) is 41.7 Å². The number of hydrogen-bond acceptors (Lipinski definition) is 4. The molecule has 2 saturated heterocycles. The number of anilines is 3. The highest BCUT2D eigenvalue weighted by atomic mass is 35.5. The Morgan fingerprint density at radius 1 is 0.969 bits per heavy atom. The van der Waals surface area contributed by atoms with Gasteiger partial charge >= 0.3 is 0 Å². The second kappa shape index (κ2) is 10.1. The Kier molecular flexibility index (Phi) is 7.23. The fourth-order valence-corrected chi connectivity index (χ4v) is 4.91. The molecule has 0 saturated carbocycles. The third kappa shape index (κ3) is 5.37. The lowest BCUT2D eigenvalue weighted by atomic mass is 10.1. The number of amides is 2. The zero-order valence-corrected chi connectivity index (χ0v) is 19.7. The first-order valence-corrected chi connectivity index (χ1v) is 11.8. The molecule has 2 aromatic carbocycles. The predicted octanol–water partition coefficient (Wildman–Crippen LogP) is 4.94. The zero-order chi connectivity index (χ0) is 22.7. The van der Waals surface area contributed by atoms with Gasteiger partial charge in [0.05, 0.1) is 23.3 Å². The normalized spacial score (nSPS) is 18.7. The van der Waals surface area contributed by atoms with Crippen LogP contribution >= 0.6 is 23.2 Å². The Labute approximate surface area is 198 Å². The highest BCUT2D eigenvalue weighted by Crippen LogP contribution is 2.28. The monoisotopic (exact) mass is 474 g/mol. The predicted molar refractivity (Wildman–Crippen MR) is 131 cm³/mol. The first-order valence-electron chi connectivity index (χ1n) is 11.1. The smallest absolute Gasteiger partial charge is 0.241 e. The summed E-state index contributed by atoms with van der Waals surface area (Å²) in [6.07, 6.45) is 4.02. The van der Waals surface area contributed by atoms with E-state index >= 15 is 0 Å². The summed E-state index contributed by atoms with van der Waals surface area (Å²) in [6.45, 7) is 5.05. The van der Waals surface area contributed by atoms with Gasteiger partial charge in [-0.2, -0.15) is 0 Å². The number of likely N-dealkylation sites (tertiary alicyclic amines) is 1. The van der Waals surface area contributed by atoms with Crippen LogP contribution in [0.15, 0.2) is 36.4 Å². The number of aryl methyl sites for hydroxylation is 1. The SMILES string of the molecule is Cc1cc(N2CCCC2)ccc1NC(=O)CN1CCC[C@H]1C(=O)Nc1ccc(Cl)cc1Cl. The molecule has 32 heavy (non-hydrogen) atoms. The number of nitrogens with one attached hydrogen (secondary N) is 2. The molecule has 170 valence electrons. The van der Waals surface area contributed by atoms with Crippen LogP contribution in [0.5, 0.6) is 0 Å². The fourth-order valence-electron chi connectivity index (χ4n) is 4.45. The van der Waals surface area contributed by atoms with Crippen LogP contribution in [0.3, 0.4) is 0 Å². The first kappa shape index (κ1) is 22.9. The number of rotatable bonds is 6. The molecule has 0 bridgehead atoms. The third-order valence-corrected chi connectivity index (χ3v) is 6.71. The van der Waals surface area contributed by atoms with Gasteiger partial charge in [0.25, 0.3) is 0 Å². The molecule has 8 heteroatoms. The average molecular weight is 475 g/mol. The molecule has 2 fully saturated rings. The minimum atomic E-state index is -0.369. The van der Waals surface area contributed by atoms with Crippen molar-refractivity contribution in [3.8, 4) is 0 Å². The van der Waals surface area contributed by atoms with E-state index < -0.39 is 0 Å². The Balaban J connectivity index is 1.35. The largest absolute Gasteiger partial charge is 0.372 e. The Morgan fingerprint density at radius 2 is 1.72 bits per heavy atom. The molecule has 2 aliphatic heterocycles. The second-order valence-electron chi connectivity index (χ2n) is 8.48. The van der Waals surface area contributed by atoms with Crippen LogP contribution in [0.1, 0.15) is 31.2 Å². The molecular weight excluding hydrogens is 447 g/mol. The maximum atomic E-state index is 12.8. The lowest BCUT2D eigenvalue weighted by Crippen LogP contribution is -2.43. The summed E-state index contributed by atoms with van der Waals surface area (Å²) in [5.41, 5.74) is 3.57. The van der Waals surface area contributed by atoms with Crippen LogP contribution in [0.4, 0.5) is 17.1 Å². The topological polar surface area (TPSA) is 64.7 Å². The Morgan fingerprint density at radius 3 is 2.44 bits per heavy atom. The van der Waals surface area contributed by atoms with E-state index in [1.807, 2.05) is 17.9 Å². The van der Waals surface area contributed by atoms with Crippen molar-refractivity contribution in [1.82, 2.24) is 4.90 Å². The van der Waals surface area contributed by atoms with Crippen LogP contribution in [0.2, 0.25) is 10.0 Å². The van der Waals surface area contributed by atoms with Crippen LogP contribution in [-0.2, 0) is 9.59 Å². The molecule has 2 heterocycles.